The van der Waals surface area contributed by atoms with Gasteiger partial charge in [0.1, 0.15) is 5.76 Å². The first-order chi connectivity index (χ1) is 9.83. The van der Waals surface area contributed by atoms with E-state index in [2.05, 4.69) is 29.1 Å². The molecule has 0 saturated heterocycles. The van der Waals surface area contributed by atoms with Gasteiger partial charge in [-0.2, -0.15) is 0 Å². The minimum absolute atomic E-state index is 0.715. The van der Waals surface area contributed by atoms with Crippen LogP contribution in [0.15, 0.2) is 34.9 Å². The molecule has 3 nitrogen and oxygen atoms in total. The number of hydrogen-bond acceptors (Lipinski definition) is 2. The Morgan fingerprint density at radius 1 is 1.15 bits per heavy atom. The smallest absolute Gasteiger partial charge is 0.109 e. The molecule has 1 saturated carbocycles. The topological polar surface area (TPSA) is 30.1 Å². The largest absolute Gasteiger partial charge is 0.469 e. The summed E-state index contributed by atoms with van der Waals surface area (Å²) in [5, 5.41) is 3.71. The molecule has 1 aliphatic carbocycles. The molecule has 1 fully saturated rings. The fourth-order valence-corrected chi connectivity index (χ4v) is 3.10. The highest BCUT2D eigenvalue weighted by molar-refractivity contribution is 5.20. The Bertz CT molecular complexity index is 521. The van der Waals surface area contributed by atoms with Crippen LogP contribution in [0.5, 0.6) is 0 Å². The van der Waals surface area contributed by atoms with Crippen molar-refractivity contribution < 1.29 is 4.42 Å². The van der Waals surface area contributed by atoms with Crippen molar-refractivity contribution in [1.29, 1.82) is 0 Å². The van der Waals surface area contributed by atoms with E-state index in [0.29, 0.717) is 6.04 Å². The lowest BCUT2D eigenvalue weighted by Crippen LogP contribution is -2.31. The van der Waals surface area contributed by atoms with Gasteiger partial charge in [0, 0.05) is 37.4 Å². The van der Waals surface area contributed by atoms with Crippen LogP contribution in [0.25, 0.3) is 0 Å². The third-order valence-corrected chi connectivity index (χ3v) is 4.44. The number of rotatable bonds is 5. The molecular formula is C17H24N2O. The van der Waals surface area contributed by atoms with E-state index in [0.717, 1.165) is 18.7 Å². The van der Waals surface area contributed by atoms with Crippen molar-refractivity contribution in [1.82, 2.24) is 9.88 Å². The first-order valence-electron chi connectivity index (χ1n) is 7.72. The van der Waals surface area contributed by atoms with Gasteiger partial charge in [0.15, 0.2) is 0 Å². The van der Waals surface area contributed by atoms with E-state index in [4.69, 9.17) is 4.42 Å². The third kappa shape index (κ3) is 3.15. The first kappa shape index (κ1) is 13.5. The average molecular weight is 272 g/mol. The predicted molar refractivity (Wildman–Crippen MR) is 80.6 cm³/mol. The predicted octanol–water partition coefficient (Wildman–Crippen LogP) is 3.63. The Morgan fingerprint density at radius 3 is 2.70 bits per heavy atom. The molecule has 0 aliphatic heterocycles. The van der Waals surface area contributed by atoms with Crippen molar-refractivity contribution in [3.63, 3.8) is 0 Å². The lowest BCUT2D eigenvalue weighted by molar-refractivity contribution is 0.369. The highest BCUT2D eigenvalue weighted by Gasteiger charge is 2.13. The lowest BCUT2D eigenvalue weighted by Gasteiger charge is -2.23. The number of furan rings is 1. The van der Waals surface area contributed by atoms with Gasteiger partial charge in [0.05, 0.1) is 6.26 Å². The molecule has 2 aromatic rings. The van der Waals surface area contributed by atoms with Crippen LogP contribution in [0, 0.1) is 0 Å². The zero-order valence-electron chi connectivity index (χ0n) is 12.3. The van der Waals surface area contributed by atoms with Crippen molar-refractivity contribution in [2.24, 2.45) is 7.05 Å². The molecule has 1 aliphatic rings. The molecule has 3 rings (SSSR count). The summed E-state index contributed by atoms with van der Waals surface area (Å²) in [4.78, 5) is 0. The molecule has 0 unspecified atom stereocenters. The fourth-order valence-electron chi connectivity index (χ4n) is 3.10. The van der Waals surface area contributed by atoms with Crippen LogP contribution in [0.1, 0.15) is 49.3 Å². The standard InChI is InChI=1S/C17H24N2O/c1-19-15(12-17-8-5-11-20-17)9-10-16(19)13-18-14-6-3-2-4-7-14/h5,8-11,14,18H,2-4,6-7,12-13H2,1H3. The Morgan fingerprint density at radius 2 is 1.95 bits per heavy atom. The van der Waals surface area contributed by atoms with Gasteiger partial charge in [0.2, 0.25) is 0 Å². The maximum Gasteiger partial charge on any atom is 0.109 e. The van der Waals surface area contributed by atoms with Gasteiger partial charge >= 0.3 is 0 Å². The molecule has 0 aromatic carbocycles. The molecule has 3 heteroatoms. The summed E-state index contributed by atoms with van der Waals surface area (Å²) in [7, 11) is 2.15. The summed E-state index contributed by atoms with van der Waals surface area (Å²) in [6, 6.07) is 9.14. The monoisotopic (exact) mass is 272 g/mol. The molecule has 108 valence electrons. The van der Waals surface area contributed by atoms with Gasteiger partial charge in [-0.1, -0.05) is 19.3 Å². The molecule has 0 radical (unpaired) electrons. The second kappa shape index (κ2) is 6.31. The quantitative estimate of drug-likeness (QED) is 0.900. The highest BCUT2D eigenvalue weighted by atomic mass is 16.3. The Hall–Kier alpha value is -1.48. The van der Waals surface area contributed by atoms with Crippen molar-refractivity contribution >= 4 is 0 Å². The first-order valence-corrected chi connectivity index (χ1v) is 7.72. The van der Waals surface area contributed by atoms with E-state index < -0.39 is 0 Å². The van der Waals surface area contributed by atoms with Gasteiger partial charge in [-0.25, -0.2) is 0 Å². The Kier molecular flexibility index (Phi) is 4.26. The van der Waals surface area contributed by atoms with E-state index in [1.165, 1.54) is 43.5 Å². The maximum absolute atomic E-state index is 5.43. The van der Waals surface area contributed by atoms with Gasteiger partial charge in [0.25, 0.3) is 0 Å². The Balaban J connectivity index is 1.58. The van der Waals surface area contributed by atoms with Crippen LogP contribution in [-0.4, -0.2) is 10.6 Å². The van der Waals surface area contributed by atoms with Crippen LogP contribution in [0.3, 0.4) is 0 Å². The second-order valence-electron chi connectivity index (χ2n) is 5.85. The van der Waals surface area contributed by atoms with Crippen molar-refractivity contribution in [3.8, 4) is 0 Å². The molecule has 0 amide bonds. The van der Waals surface area contributed by atoms with E-state index in [-0.39, 0.29) is 0 Å². The SMILES string of the molecule is Cn1c(CNC2CCCCC2)ccc1Cc1ccco1. The molecule has 2 heterocycles. The summed E-state index contributed by atoms with van der Waals surface area (Å²) < 4.78 is 7.72. The van der Waals surface area contributed by atoms with Crippen LogP contribution in [0.2, 0.25) is 0 Å². The van der Waals surface area contributed by atoms with Gasteiger partial charge in [-0.3, -0.25) is 0 Å². The number of hydrogen-bond donors (Lipinski definition) is 1. The third-order valence-electron chi connectivity index (χ3n) is 4.44. The molecule has 0 atom stereocenters. The van der Waals surface area contributed by atoms with Crippen LogP contribution < -0.4 is 5.32 Å². The minimum atomic E-state index is 0.715. The number of aromatic nitrogens is 1. The lowest BCUT2D eigenvalue weighted by atomic mass is 9.95. The van der Waals surface area contributed by atoms with Crippen molar-refractivity contribution in [3.05, 3.63) is 47.7 Å². The molecule has 2 aromatic heterocycles. The van der Waals surface area contributed by atoms with E-state index in [1.54, 1.807) is 6.26 Å². The van der Waals surface area contributed by atoms with Crippen LogP contribution in [-0.2, 0) is 20.0 Å². The van der Waals surface area contributed by atoms with Gasteiger partial charge < -0.3 is 14.3 Å². The molecule has 1 N–H and O–H groups in total. The zero-order chi connectivity index (χ0) is 13.8. The van der Waals surface area contributed by atoms with Crippen LogP contribution in [0.4, 0.5) is 0 Å². The van der Waals surface area contributed by atoms with E-state index >= 15 is 0 Å². The van der Waals surface area contributed by atoms with Crippen LogP contribution >= 0.6 is 0 Å². The molecule has 0 spiro atoms. The molecule has 20 heavy (non-hydrogen) atoms. The van der Waals surface area contributed by atoms with Crippen molar-refractivity contribution in [2.75, 3.05) is 0 Å². The summed E-state index contributed by atoms with van der Waals surface area (Å²) in [5.41, 5.74) is 2.66. The number of nitrogens with one attached hydrogen (secondary N) is 1. The fraction of sp³-hybridized carbons (Fsp3) is 0.529. The summed E-state index contributed by atoms with van der Waals surface area (Å²) >= 11 is 0. The van der Waals surface area contributed by atoms with E-state index in [1.807, 2.05) is 12.1 Å². The minimum Gasteiger partial charge on any atom is -0.469 e. The van der Waals surface area contributed by atoms with E-state index in [9.17, 15) is 0 Å². The number of nitrogens with zero attached hydrogens (tertiary/aromatic N) is 1. The zero-order valence-corrected chi connectivity index (χ0v) is 12.3. The maximum atomic E-state index is 5.43. The summed E-state index contributed by atoms with van der Waals surface area (Å²) in [6.07, 6.45) is 9.46. The van der Waals surface area contributed by atoms with Gasteiger partial charge in [-0.15, -0.1) is 0 Å². The average Bonchev–Trinajstić information content (AvgIpc) is 3.10. The second-order valence-corrected chi connectivity index (χ2v) is 5.85. The Labute approximate surface area is 121 Å². The van der Waals surface area contributed by atoms with Gasteiger partial charge in [-0.05, 0) is 37.1 Å². The summed E-state index contributed by atoms with van der Waals surface area (Å²) in [6.45, 7) is 0.972. The normalized spacial score (nSPS) is 16.6. The molecule has 0 bridgehead atoms. The molecular weight excluding hydrogens is 248 g/mol. The summed E-state index contributed by atoms with van der Waals surface area (Å²) in [5.74, 6) is 1.03. The highest BCUT2D eigenvalue weighted by Crippen LogP contribution is 2.18. The van der Waals surface area contributed by atoms with Crippen molar-refractivity contribution in [2.45, 2.75) is 51.1 Å².